The van der Waals surface area contributed by atoms with Crippen LogP contribution in [0.5, 0.6) is 5.75 Å². The van der Waals surface area contributed by atoms with Crippen LogP contribution in [0.25, 0.3) is 10.8 Å². The van der Waals surface area contributed by atoms with Gasteiger partial charge in [0.2, 0.25) is 0 Å². The predicted octanol–water partition coefficient (Wildman–Crippen LogP) is 9.03. The van der Waals surface area contributed by atoms with Crippen LogP contribution in [-0.2, 0) is 6.42 Å². The Morgan fingerprint density at radius 2 is 1.36 bits per heavy atom. The Morgan fingerprint density at radius 3 is 2.10 bits per heavy atom. The first-order valence-electron chi connectivity index (χ1n) is 13.0. The molecule has 0 amide bonds. The van der Waals surface area contributed by atoms with Crippen molar-refractivity contribution in [2.45, 2.75) is 52.1 Å². The maximum absolute atomic E-state index is 15.1. The molecule has 1 nitrogen and oxygen atoms in total. The second kappa shape index (κ2) is 13.5. The molecule has 0 saturated carbocycles. The number of ether oxygens (including phenoxy) is 1. The zero-order valence-corrected chi connectivity index (χ0v) is 21.7. The van der Waals surface area contributed by atoms with Crippen LogP contribution in [-0.4, -0.2) is 6.61 Å². The summed E-state index contributed by atoms with van der Waals surface area (Å²) in [7, 11) is 0. The van der Waals surface area contributed by atoms with Crippen LogP contribution >= 0.6 is 0 Å². The van der Waals surface area contributed by atoms with E-state index in [9.17, 15) is 13.2 Å². The fourth-order valence-electron chi connectivity index (χ4n) is 4.21. The van der Waals surface area contributed by atoms with Gasteiger partial charge in [-0.15, -0.1) is 0 Å². The van der Waals surface area contributed by atoms with Crippen molar-refractivity contribution in [1.82, 2.24) is 0 Å². The number of hydrogen-bond acceptors (Lipinski definition) is 1. The lowest BCUT2D eigenvalue weighted by atomic mass is 10.0. The molecule has 5 heteroatoms. The van der Waals surface area contributed by atoms with Crippen LogP contribution in [0.15, 0.2) is 72.8 Å². The number of rotatable bonds is 8. The highest BCUT2D eigenvalue weighted by atomic mass is 19.3. The van der Waals surface area contributed by atoms with Crippen LogP contribution in [0.1, 0.15) is 66.8 Å². The summed E-state index contributed by atoms with van der Waals surface area (Å²) in [6, 6.07) is 20.2. The summed E-state index contributed by atoms with van der Waals surface area (Å²) < 4.78 is 57.7. The van der Waals surface area contributed by atoms with E-state index in [1.165, 1.54) is 43.7 Å². The molecular weight excluding hydrogens is 500 g/mol. The zero-order chi connectivity index (χ0) is 27.6. The summed E-state index contributed by atoms with van der Waals surface area (Å²) in [5.41, 5.74) is 3.36. The van der Waals surface area contributed by atoms with E-state index >= 15 is 4.39 Å². The van der Waals surface area contributed by atoms with Gasteiger partial charge in [0.1, 0.15) is 5.82 Å². The molecule has 198 valence electrons. The van der Waals surface area contributed by atoms with Crippen molar-refractivity contribution in [3.05, 3.63) is 112 Å². The van der Waals surface area contributed by atoms with E-state index in [0.717, 1.165) is 29.7 Å². The summed E-state index contributed by atoms with van der Waals surface area (Å²) in [6.45, 7) is -0.909. The predicted molar refractivity (Wildman–Crippen MR) is 148 cm³/mol. The first kappa shape index (κ1) is 27.8. The van der Waals surface area contributed by atoms with Crippen molar-refractivity contribution in [2.75, 3.05) is 0 Å². The Morgan fingerprint density at radius 1 is 0.692 bits per heavy atom. The molecule has 0 aliphatic rings. The highest BCUT2D eigenvalue weighted by Crippen LogP contribution is 2.23. The number of unbranched alkanes of at least 4 members (excludes halogenated alkanes) is 4. The third-order valence-electron chi connectivity index (χ3n) is 6.32. The number of hydrogen-bond donors (Lipinski definition) is 0. The van der Waals surface area contributed by atoms with Crippen molar-refractivity contribution < 1.29 is 22.3 Å². The molecule has 0 heterocycles. The highest BCUT2D eigenvalue weighted by molar-refractivity contribution is 5.86. The van der Waals surface area contributed by atoms with Crippen molar-refractivity contribution in [3.63, 3.8) is 0 Å². The molecule has 0 aliphatic heterocycles. The first-order valence-corrected chi connectivity index (χ1v) is 13.0. The third kappa shape index (κ3) is 7.88. The van der Waals surface area contributed by atoms with Gasteiger partial charge in [-0.1, -0.05) is 80.6 Å². The molecule has 4 aromatic rings. The molecule has 0 N–H and O–H groups in total. The molecule has 0 aliphatic carbocycles. The van der Waals surface area contributed by atoms with Gasteiger partial charge in [-0.3, -0.25) is 0 Å². The summed E-state index contributed by atoms with van der Waals surface area (Å²) in [5, 5.41) is 1.07. The van der Waals surface area contributed by atoms with Crippen LogP contribution in [0.3, 0.4) is 0 Å². The Kier molecular flexibility index (Phi) is 9.65. The molecule has 0 saturated heterocycles. The highest BCUT2D eigenvalue weighted by Gasteiger charge is 2.10. The quantitative estimate of drug-likeness (QED) is 0.126. The minimum Gasteiger partial charge on any atom is -0.432 e. The molecule has 0 bridgehead atoms. The molecule has 0 atom stereocenters. The Labute approximate surface area is 226 Å². The summed E-state index contributed by atoms with van der Waals surface area (Å²) >= 11 is 0. The van der Waals surface area contributed by atoms with Gasteiger partial charge in [-0.25, -0.2) is 8.78 Å². The topological polar surface area (TPSA) is 9.23 Å². The van der Waals surface area contributed by atoms with Gasteiger partial charge in [0.25, 0.3) is 0 Å². The van der Waals surface area contributed by atoms with E-state index < -0.39 is 24.0 Å². The summed E-state index contributed by atoms with van der Waals surface area (Å²) in [6.07, 6.45) is 7.40. The standard InChI is InChI=1S/C34H28F4O/c1-2-3-4-5-6-7-24-8-10-25(11-9-24)12-13-26-15-20-30-29(22-26)19-18-28(33(30)36)17-14-27-16-21-32(31(35)23-27)39-34(37)38/h8-11,15-16,18-23,34H,2-7H2,1H3. The first-order chi connectivity index (χ1) is 18.9. The SMILES string of the molecule is CCCCCCCc1ccc(C#Cc2ccc3c(F)c(C#Cc4ccc(OC(F)F)c(F)c4)ccc3c2)cc1. The molecule has 0 unspecified atom stereocenters. The number of aryl methyl sites for hydroxylation is 1. The van der Waals surface area contributed by atoms with E-state index in [1.54, 1.807) is 24.3 Å². The lowest BCUT2D eigenvalue weighted by molar-refractivity contribution is -0.0521. The fraction of sp³-hybridized carbons (Fsp3) is 0.235. The van der Waals surface area contributed by atoms with E-state index in [2.05, 4.69) is 47.5 Å². The molecule has 0 spiro atoms. The Hall–Kier alpha value is -4.22. The molecule has 39 heavy (non-hydrogen) atoms. The van der Waals surface area contributed by atoms with Gasteiger partial charge in [-0.05, 0) is 72.3 Å². The zero-order valence-electron chi connectivity index (χ0n) is 21.7. The lowest BCUT2D eigenvalue weighted by Crippen LogP contribution is -2.03. The van der Waals surface area contributed by atoms with E-state index in [0.29, 0.717) is 10.8 Å². The van der Waals surface area contributed by atoms with Crippen molar-refractivity contribution >= 4 is 10.8 Å². The summed E-state index contributed by atoms with van der Waals surface area (Å²) in [5.74, 6) is 9.63. The van der Waals surface area contributed by atoms with E-state index in [4.69, 9.17) is 0 Å². The van der Waals surface area contributed by atoms with Crippen molar-refractivity contribution in [3.8, 4) is 29.4 Å². The Balaban J connectivity index is 1.44. The molecule has 0 radical (unpaired) electrons. The number of fused-ring (bicyclic) bond motifs is 1. The molecule has 0 aromatic heterocycles. The Bertz CT molecular complexity index is 1550. The van der Waals surface area contributed by atoms with Crippen LogP contribution in [0.4, 0.5) is 17.6 Å². The van der Waals surface area contributed by atoms with Crippen LogP contribution in [0, 0.1) is 35.3 Å². The summed E-state index contributed by atoms with van der Waals surface area (Å²) in [4.78, 5) is 0. The van der Waals surface area contributed by atoms with Crippen LogP contribution < -0.4 is 4.74 Å². The average molecular weight is 529 g/mol. The molecular formula is C34H28F4O. The smallest absolute Gasteiger partial charge is 0.387 e. The van der Waals surface area contributed by atoms with E-state index in [-0.39, 0.29) is 11.1 Å². The lowest BCUT2D eigenvalue weighted by Gasteiger charge is -2.05. The maximum atomic E-state index is 15.1. The van der Waals surface area contributed by atoms with Crippen LogP contribution in [0.2, 0.25) is 0 Å². The number of alkyl halides is 2. The normalized spacial score (nSPS) is 10.6. The van der Waals surface area contributed by atoms with Gasteiger partial charge in [0.15, 0.2) is 11.6 Å². The molecule has 4 aromatic carbocycles. The second-order valence-electron chi connectivity index (χ2n) is 9.25. The fourth-order valence-corrected chi connectivity index (χ4v) is 4.21. The van der Waals surface area contributed by atoms with Gasteiger partial charge in [0, 0.05) is 22.1 Å². The van der Waals surface area contributed by atoms with Crippen molar-refractivity contribution in [1.29, 1.82) is 0 Å². The number of benzene rings is 4. The van der Waals surface area contributed by atoms with Crippen molar-refractivity contribution in [2.24, 2.45) is 0 Å². The van der Waals surface area contributed by atoms with E-state index in [1.807, 2.05) is 18.2 Å². The second-order valence-corrected chi connectivity index (χ2v) is 9.25. The van der Waals surface area contributed by atoms with Gasteiger partial charge < -0.3 is 4.74 Å². The third-order valence-corrected chi connectivity index (χ3v) is 6.32. The monoisotopic (exact) mass is 528 g/mol. The molecule has 4 rings (SSSR count). The average Bonchev–Trinajstić information content (AvgIpc) is 2.93. The minimum absolute atomic E-state index is 0.139. The number of halogens is 4. The maximum Gasteiger partial charge on any atom is 0.387 e. The molecule has 0 fully saturated rings. The van der Waals surface area contributed by atoms with Gasteiger partial charge in [0.05, 0.1) is 5.56 Å². The van der Waals surface area contributed by atoms with Gasteiger partial charge >= 0.3 is 6.61 Å². The van der Waals surface area contributed by atoms with Gasteiger partial charge in [-0.2, -0.15) is 8.78 Å². The largest absolute Gasteiger partial charge is 0.432 e. The minimum atomic E-state index is -3.13.